The van der Waals surface area contributed by atoms with Crippen LogP contribution in [-0.4, -0.2) is 83.8 Å². The molecule has 2 saturated heterocycles. The van der Waals surface area contributed by atoms with Crippen LogP contribution in [0.5, 0.6) is 0 Å². The van der Waals surface area contributed by atoms with Gasteiger partial charge >= 0.3 is 0 Å². The van der Waals surface area contributed by atoms with Crippen LogP contribution in [0.1, 0.15) is 10.5 Å². The number of benzene rings is 1. The first-order valence-corrected chi connectivity index (χ1v) is 8.57. The van der Waals surface area contributed by atoms with Gasteiger partial charge in [-0.05, 0) is 6.07 Å². The van der Waals surface area contributed by atoms with Gasteiger partial charge in [-0.2, -0.15) is 5.10 Å². The Kier molecular flexibility index (Phi) is 4.37. The van der Waals surface area contributed by atoms with Crippen molar-refractivity contribution in [2.24, 2.45) is 0 Å². The van der Waals surface area contributed by atoms with Crippen LogP contribution in [0.3, 0.4) is 0 Å². The first kappa shape index (κ1) is 16.0. The summed E-state index contributed by atoms with van der Waals surface area (Å²) in [5, 5.41) is 11.1. The number of carbonyl (C=O) groups excluding carboxylic acids is 2. The Labute approximate surface area is 145 Å². The second-order valence-electron chi connectivity index (χ2n) is 6.30. The lowest BCUT2D eigenvalue weighted by Crippen LogP contribution is -2.56. The SMILES string of the molecule is O=C(c1n[nH]c2ccccc12)N1CCN(C(=O)C2CNCCO2)CC1. The number of nitrogens with zero attached hydrogens (tertiary/aromatic N) is 3. The van der Waals surface area contributed by atoms with Gasteiger partial charge in [0.25, 0.3) is 11.8 Å². The molecule has 132 valence electrons. The van der Waals surface area contributed by atoms with Crippen LogP contribution in [0.4, 0.5) is 0 Å². The van der Waals surface area contributed by atoms with E-state index in [4.69, 9.17) is 4.74 Å². The summed E-state index contributed by atoms with van der Waals surface area (Å²) in [6.45, 7) is 3.94. The zero-order chi connectivity index (χ0) is 17.2. The van der Waals surface area contributed by atoms with E-state index in [1.807, 2.05) is 24.3 Å². The molecule has 0 spiro atoms. The summed E-state index contributed by atoms with van der Waals surface area (Å²) in [6.07, 6.45) is -0.411. The molecule has 0 saturated carbocycles. The Bertz CT molecular complexity index is 775. The number of hydrogen-bond donors (Lipinski definition) is 2. The molecule has 0 bridgehead atoms. The van der Waals surface area contributed by atoms with Gasteiger partial charge in [0.05, 0.1) is 12.1 Å². The van der Waals surface area contributed by atoms with Gasteiger partial charge in [0, 0.05) is 44.7 Å². The van der Waals surface area contributed by atoms with Crippen LogP contribution in [-0.2, 0) is 9.53 Å². The second kappa shape index (κ2) is 6.81. The molecule has 2 N–H and O–H groups in total. The van der Waals surface area contributed by atoms with Crippen molar-refractivity contribution >= 4 is 22.7 Å². The lowest BCUT2D eigenvalue weighted by atomic mass is 10.1. The largest absolute Gasteiger partial charge is 0.366 e. The minimum atomic E-state index is -0.411. The number of fused-ring (bicyclic) bond motifs is 1. The number of ether oxygens (including phenoxy) is 1. The number of amides is 2. The number of para-hydroxylation sites is 1. The van der Waals surface area contributed by atoms with Crippen molar-refractivity contribution in [2.75, 3.05) is 45.9 Å². The minimum Gasteiger partial charge on any atom is -0.366 e. The molecule has 1 unspecified atom stereocenters. The third-order valence-electron chi connectivity index (χ3n) is 4.75. The minimum absolute atomic E-state index is 0.00418. The van der Waals surface area contributed by atoms with Crippen LogP contribution in [0.15, 0.2) is 24.3 Å². The van der Waals surface area contributed by atoms with Crippen molar-refractivity contribution in [2.45, 2.75) is 6.10 Å². The van der Waals surface area contributed by atoms with Crippen molar-refractivity contribution in [3.05, 3.63) is 30.0 Å². The third-order valence-corrected chi connectivity index (χ3v) is 4.75. The zero-order valence-electron chi connectivity index (χ0n) is 13.9. The van der Waals surface area contributed by atoms with E-state index < -0.39 is 6.10 Å². The van der Waals surface area contributed by atoms with Gasteiger partial charge in [-0.25, -0.2) is 0 Å². The van der Waals surface area contributed by atoms with E-state index in [0.717, 1.165) is 17.4 Å². The lowest BCUT2D eigenvalue weighted by molar-refractivity contribution is -0.146. The molecule has 25 heavy (non-hydrogen) atoms. The summed E-state index contributed by atoms with van der Waals surface area (Å²) in [4.78, 5) is 28.8. The summed E-state index contributed by atoms with van der Waals surface area (Å²) in [5.41, 5.74) is 1.29. The van der Waals surface area contributed by atoms with E-state index in [9.17, 15) is 9.59 Å². The fraction of sp³-hybridized carbons (Fsp3) is 0.471. The monoisotopic (exact) mass is 343 g/mol. The molecule has 2 aromatic rings. The Balaban J connectivity index is 1.39. The highest BCUT2D eigenvalue weighted by molar-refractivity contribution is 6.04. The fourth-order valence-electron chi connectivity index (χ4n) is 3.33. The molecule has 1 atom stereocenters. The quantitative estimate of drug-likeness (QED) is 0.790. The Morgan fingerprint density at radius 1 is 1.12 bits per heavy atom. The number of morpholine rings is 1. The molecule has 1 aromatic carbocycles. The summed E-state index contributed by atoms with van der Waals surface area (Å²) in [7, 11) is 0. The predicted octanol–water partition coefficient (Wildman–Crippen LogP) is -0.164. The number of aromatic amines is 1. The van der Waals surface area contributed by atoms with Crippen molar-refractivity contribution in [1.82, 2.24) is 25.3 Å². The predicted molar refractivity (Wildman–Crippen MR) is 91.2 cm³/mol. The van der Waals surface area contributed by atoms with E-state index in [-0.39, 0.29) is 11.8 Å². The maximum atomic E-state index is 12.8. The first-order chi connectivity index (χ1) is 12.2. The van der Waals surface area contributed by atoms with E-state index in [0.29, 0.717) is 45.0 Å². The topological polar surface area (TPSA) is 90.6 Å². The number of nitrogens with one attached hydrogen (secondary N) is 2. The van der Waals surface area contributed by atoms with Gasteiger partial charge in [0.15, 0.2) is 5.69 Å². The van der Waals surface area contributed by atoms with Crippen LogP contribution in [0, 0.1) is 0 Å². The molecule has 2 aliphatic rings. The van der Waals surface area contributed by atoms with Crippen molar-refractivity contribution in [3.63, 3.8) is 0 Å². The normalized spacial score (nSPS) is 21.5. The number of hydrogen-bond acceptors (Lipinski definition) is 5. The standard InChI is InChI=1S/C17H21N5O3/c23-16(14-11-18-5-10-25-14)21-6-8-22(9-7-21)17(24)15-12-3-1-2-4-13(12)19-20-15/h1-4,14,18H,5-11H2,(H,19,20). The molecule has 2 amide bonds. The molecule has 3 heterocycles. The van der Waals surface area contributed by atoms with Crippen LogP contribution < -0.4 is 5.32 Å². The molecule has 2 aliphatic heterocycles. The smallest absolute Gasteiger partial charge is 0.275 e. The van der Waals surface area contributed by atoms with Gasteiger partial charge in [0.1, 0.15) is 6.10 Å². The summed E-state index contributed by atoms with van der Waals surface area (Å²) in [6, 6.07) is 7.58. The highest BCUT2D eigenvalue weighted by atomic mass is 16.5. The summed E-state index contributed by atoms with van der Waals surface area (Å²) < 4.78 is 5.53. The molecule has 0 aliphatic carbocycles. The molecule has 1 aromatic heterocycles. The third kappa shape index (κ3) is 3.10. The highest BCUT2D eigenvalue weighted by Crippen LogP contribution is 2.18. The van der Waals surface area contributed by atoms with Gasteiger partial charge in [-0.15, -0.1) is 0 Å². The first-order valence-electron chi connectivity index (χ1n) is 8.57. The van der Waals surface area contributed by atoms with Crippen LogP contribution in [0.2, 0.25) is 0 Å². The molecule has 4 rings (SSSR count). The average molecular weight is 343 g/mol. The van der Waals surface area contributed by atoms with Crippen LogP contribution in [0.25, 0.3) is 10.9 Å². The Hall–Kier alpha value is -2.45. The lowest BCUT2D eigenvalue weighted by Gasteiger charge is -2.36. The number of carbonyl (C=O) groups is 2. The zero-order valence-corrected chi connectivity index (χ0v) is 13.9. The highest BCUT2D eigenvalue weighted by Gasteiger charge is 2.31. The van der Waals surface area contributed by atoms with Gasteiger partial charge in [0.2, 0.25) is 0 Å². The van der Waals surface area contributed by atoms with E-state index >= 15 is 0 Å². The summed E-state index contributed by atoms with van der Waals surface area (Å²) in [5.74, 6) is -0.0929. The Morgan fingerprint density at radius 2 is 1.88 bits per heavy atom. The van der Waals surface area contributed by atoms with E-state index in [2.05, 4.69) is 15.5 Å². The maximum absolute atomic E-state index is 12.8. The Morgan fingerprint density at radius 3 is 2.64 bits per heavy atom. The fourth-order valence-corrected chi connectivity index (χ4v) is 3.33. The number of rotatable bonds is 2. The molecular weight excluding hydrogens is 322 g/mol. The molecule has 8 heteroatoms. The van der Waals surface area contributed by atoms with Crippen molar-refractivity contribution in [1.29, 1.82) is 0 Å². The molecule has 2 fully saturated rings. The van der Waals surface area contributed by atoms with Gasteiger partial charge < -0.3 is 19.9 Å². The van der Waals surface area contributed by atoms with Crippen molar-refractivity contribution < 1.29 is 14.3 Å². The van der Waals surface area contributed by atoms with E-state index in [1.54, 1.807) is 9.80 Å². The average Bonchev–Trinajstić information content (AvgIpc) is 3.12. The molecular formula is C17H21N5O3. The molecule has 8 nitrogen and oxygen atoms in total. The van der Waals surface area contributed by atoms with Crippen molar-refractivity contribution in [3.8, 4) is 0 Å². The van der Waals surface area contributed by atoms with Crippen LogP contribution >= 0.6 is 0 Å². The van der Waals surface area contributed by atoms with E-state index in [1.165, 1.54) is 0 Å². The number of aromatic nitrogens is 2. The van der Waals surface area contributed by atoms with Gasteiger partial charge in [-0.1, -0.05) is 18.2 Å². The number of piperazine rings is 1. The number of H-pyrrole nitrogens is 1. The maximum Gasteiger partial charge on any atom is 0.275 e. The van der Waals surface area contributed by atoms with Gasteiger partial charge in [-0.3, -0.25) is 14.7 Å². The molecule has 0 radical (unpaired) electrons. The second-order valence-corrected chi connectivity index (χ2v) is 6.30. The summed E-state index contributed by atoms with van der Waals surface area (Å²) >= 11 is 0.